The molecule has 0 spiro atoms. The number of benzene rings is 1. The molecule has 1 aromatic carbocycles. The molecule has 20 heavy (non-hydrogen) atoms. The van der Waals surface area contributed by atoms with Gasteiger partial charge in [0.05, 0.1) is 5.69 Å². The van der Waals surface area contributed by atoms with Gasteiger partial charge in [0, 0.05) is 30.9 Å². The van der Waals surface area contributed by atoms with Gasteiger partial charge < -0.3 is 10.2 Å². The van der Waals surface area contributed by atoms with Crippen LogP contribution in [0.3, 0.4) is 0 Å². The third kappa shape index (κ3) is 2.17. The second kappa shape index (κ2) is 5.22. The molecule has 0 unspecified atom stereocenters. The van der Waals surface area contributed by atoms with Crippen molar-refractivity contribution in [2.24, 2.45) is 0 Å². The smallest absolute Gasteiger partial charge is 0.195 e. The Morgan fingerprint density at radius 1 is 1.35 bits per heavy atom. The Morgan fingerprint density at radius 2 is 2.10 bits per heavy atom. The lowest BCUT2D eigenvalue weighted by atomic mass is 10.2. The summed E-state index contributed by atoms with van der Waals surface area (Å²) in [5.41, 5.74) is 2.00. The topological polar surface area (TPSA) is 32.6 Å². The molecular weight excluding hydrogens is 275 g/mol. The van der Waals surface area contributed by atoms with Crippen LogP contribution in [0.15, 0.2) is 35.8 Å². The number of thiazole rings is 1. The van der Waals surface area contributed by atoms with Crippen molar-refractivity contribution in [3.05, 3.63) is 47.4 Å². The number of halogens is 1. The first kappa shape index (κ1) is 13.1. The number of aromatic nitrogens is 2. The van der Waals surface area contributed by atoms with Gasteiger partial charge in [-0.3, -0.25) is 4.40 Å². The maximum Gasteiger partial charge on any atom is 0.195 e. The monoisotopic (exact) mass is 290 g/mol. The summed E-state index contributed by atoms with van der Waals surface area (Å²) in [7, 11) is 3.85. The second-order valence-electron chi connectivity index (χ2n) is 4.50. The van der Waals surface area contributed by atoms with Crippen LogP contribution in [0.25, 0.3) is 4.96 Å². The summed E-state index contributed by atoms with van der Waals surface area (Å²) in [5.74, 6) is 0.654. The highest BCUT2D eigenvalue weighted by molar-refractivity contribution is 7.15. The highest BCUT2D eigenvalue weighted by Gasteiger charge is 2.17. The highest BCUT2D eigenvalue weighted by atomic mass is 32.1. The molecule has 2 aromatic heterocycles. The van der Waals surface area contributed by atoms with E-state index in [1.165, 1.54) is 12.1 Å². The van der Waals surface area contributed by atoms with E-state index in [-0.39, 0.29) is 5.82 Å². The van der Waals surface area contributed by atoms with Crippen LogP contribution in [0.1, 0.15) is 5.69 Å². The molecule has 6 heteroatoms. The lowest BCUT2D eigenvalue weighted by molar-refractivity contribution is 0.628. The van der Waals surface area contributed by atoms with E-state index in [0.29, 0.717) is 0 Å². The first-order chi connectivity index (χ1) is 9.70. The van der Waals surface area contributed by atoms with Crippen LogP contribution in [-0.4, -0.2) is 23.5 Å². The molecule has 0 radical (unpaired) electrons. The molecule has 0 bridgehead atoms. The Kier molecular flexibility index (Phi) is 3.42. The summed E-state index contributed by atoms with van der Waals surface area (Å²) in [6.07, 6.45) is 2.02. The average Bonchev–Trinajstić information content (AvgIpc) is 3.02. The third-order valence-corrected chi connectivity index (χ3v) is 3.97. The fraction of sp³-hybridized carbons (Fsp3) is 0.214. The van der Waals surface area contributed by atoms with Gasteiger partial charge in [0.1, 0.15) is 5.82 Å². The molecule has 1 N–H and O–H groups in total. The molecule has 0 fully saturated rings. The Bertz CT molecular complexity index is 716. The van der Waals surface area contributed by atoms with Crippen LogP contribution in [0.5, 0.6) is 0 Å². The fourth-order valence-corrected chi connectivity index (χ4v) is 2.94. The lowest BCUT2D eigenvalue weighted by Gasteiger charge is -2.18. The summed E-state index contributed by atoms with van der Waals surface area (Å²) < 4.78 is 15.1. The van der Waals surface area contributed by atoms with Gasteiger partial charge in [0.2, 0.25) is 0 Å². The minimum Gasteiger partial charge on any atom is -0.328 e. The van der Waals surface area contributed by atoms with Gasteiger partial charge in [-0.1, -0.05) is 0 Å². The summed E-state index contributed by atoms with van der Waals surface area (Å²) >= 11 is 1.60. The molecule has 0 saturated carbocycles. The Hall–Kier alpha value is -1.92. The van der Waals surface area contributed by atoms with Crippen molar-refractivity contribution in [2.45, 2.75) is 6.54 Å². The van der Waals surface area contributed by atoms with E-state index in [2.05, 4.69) is 14.7 Å². The molecule has 3 aromatic rings. The number of imidazole rings is 1. The molecule has 104 valence electrons. The quantitative estimate of drug-likeness (QED) is 0.801. The molecule has 2 heterocycles. The van der Waals surface area contributed by atoms with Crippen LogP contribution >= 0.6 is 11.3 Å². The summed E-state index contributed by atoms with van der Waals surface area (Å²) in [5, 5.41) is 5.18. The normalized spacial score (nSPS) is 11.2. The van der Waals surface area contributed by atoms with Crippen molar-refractivity contribution in [1.82, 2.24) is 14.7 Å². The first-order valence-corrected chi connectivity index (χ1v) is 7.17. The number of rotatable bonds is 4. The maximum absolute atomic E-state index is 13.0. The zero-order valence-electron chi connectivity index (χ0n) is 11.3. The molecule has 3 rings (SSSR count). The van der Waals surface area contributed by atoms with Crippen LogP contribution in [0.2, 0.25) is 0 Å². The van der Waals surface area contributed by atoms with Gasteiger partial charge in [0.15, 0.2) is 10.8 Å². The van der Waals surface area contributed by atoms with Gasteiger partial charge in [-0.2, -0.15) is 0 Å². The van der Waals surface area contributed by atoms with Crippen LogP contribution in [0.4, 0.5) is 15.9 Å². The summed E-state index contributed by atoms with van der Waals surface area (Å²) in [6.45, 7) is 0.721. The number of anilines is 2. The number of nitrogens with one attached hydrogen (secondary N) is 1. The second-order valence-corrected chi connectivity index (χ2v) is 5.38. The Labute approximate surface area is 120 Å². The highest BCUT2D eigenvalue weighted by Crippen LogP contribution is 2.29. The van der Waals surface area contributed by atoms with Crippen molar-refractivity contribution in [2.75, 3.05) is 19.0 Å². The number of hydrogen-bond acceptors (Lipinski definition) is 4. The molecular formula is C14H15FN4S. The molecule has 0 aliphatic rings. The van der Waals surface area contributed by atoms with Crippen molar-refractivity contribution < 1.29 is 4.39 Å². The predicted octanol–water partition coefficient (Wildman–Crippen LogP) is 3.02. The lowest BCUT2D eigenvalue weighted by Crippen LogP contribution is -2.15. The molecule has 0 aliphatic heterocycles. The molecule has 0 aliphatic carbocycles. The minimum absolute atomic E-state index is 0.233. The van der Waals surface area contributed by atoms with Gasteiger partial charge in [0.25, 0.3) is 0 Å². The van der Waals surface area contributed by atoms with E-state index in [1.54, 1.807) is 23.5 Å². The van der Waals surface area contributed by atoms with Crippen molar-refractivity contribution in [3.63, 3.8) is 0 Å². The largest absolute Gasteiger partial charge is 0.328 e. The first-order valence-electron chi connectivity index (χ1n) is 6.29. The van der Waals surface area contributed by atoms with E-state index in [1.807, 2.05) is 30.6 Å². The number of nitrogens with zero attached hydrogens (tertiary/aromatic N) is 3. The molecule has 0 saturated heterocycles. The van der Waals surface area contributed by atoms with E-state index >= 15 is 0 Å². The van der Waals surface area contributed by atoms with Gasteiger partial charge >= 0.3 is 0 Å². The van der Waals surface area contributed by atoms with Crippen LogP contribution in [-0.2, 0) is 6.54 Å². The van der Waals surface area contributed by atoms with Crippen LogP contribution in [0, 0.1) is 5.82 Å². The fourth-order valence-electron chi connectivity index (χ4n) is 2.21. The standard InChI is InChI=1S/C14H15FN4S/c1-16-9-12-13(17-14-19(12)7-8-20-14)18(2)11-5-3-10(15)4-6-11/h3-8,16H,9H2,1-2H3. The molecule has 0 amide bonds. The summed E-state index contributed by atoms with van der Waals surface area (Å²) in [4.78, 5) is 7.60. The zero-order valence-corrected chi connectivity index (χ0v) is 12.1. The van der Waals surface area contributed by atoms with Crippen molar-refractivity contribution >= 4 is 27.8 Å². The Balaban J connectivity index is 2.05. The van der Waals surface area contributed by atoms with Crippen molar-refractivity contribution in [3.8, 4) is 0 Å². The van der Waals surface area contributed by atoms with E-state index in [0.717, 1.165) is 28.7 Å². The van der Waals surface area contributed by atoms with Gasteiger partial charge in [-0.05, 0) is 31.3 Å². The predicted molar refractivity (Wildman–Crippen MR) is 80.3 cm³/mol. The molecule has 4 nitrogen and oxygen atoms in total. The number of fused-ring (bicyclic) bond motifs is 1. The van der Waals surface area contributed by atoms with Gasteiger partial charge in [-0.15, -0.1) is 11.3 Å². The minimum atomic E-state index is -0.233. The van der Waals surface area contributed by atoms with Gasteiger partial charge in [-0.25, -0.2) is 9.37 Å². The molecule has 0 atom stereocenters. The number of hydrogen-bond donors (Lipinski definition) is 1. The SMILES string of the molecule is CNCc1c(N(C)c2ccc(F)cc2)nc2sccn12. The van der Waals surface area contributed by atoms with Crippen molar-refractivity contribution in [1.29, 1.82) is 0 Å². The zero-order chi connectivity index (χ0) is 14.1. The Morgan fingerprint density at radius 3 is 2.80 bits per heavy atom. The summed E-state index contributed by atoms with van der Waals surface area (Å²) in [6, 6.07) is 6.43. The van der Waals surface area contributed by atoms with E-state index < -0.39 is 0 Å². The third-order valence-electron chi connectivity index (χ3n) is 3.22. The average molecular weight is 290 g/mol. The van der Waals surface area contributed by atoms with E-state index in [4.69, 9.17) is 0 Å². The maximum atomic E-state index is 13.0. The van der Waals surface area contributed by atoms with Crippen LogP contribution < -0.4 is 10.2 Å². The van der Waals surface area contributed by atoms with E-state index in [9.17, 15) is 4.39 Å².